The molecule has 6 heteroatoms. The molecule has 0 aliphatic heterocycles. The van der Waals surface area contributed by atoms with Crippen molar-refractivity contribution in [3.8, 4) is 0 Å². The van der Waals surface area contributed by atoms with Crippen LogP contribution in [0.3, 0.4) is 0 Å². The van der Waals surface area contributed by atoms with Gasteiger partial charge in [-0.15, -0.1) is 0 Å². The normalized spacial score (nSPS) is 12.1. The Morgan fingerprint density at radius 2 is 1.90 bits per heavy atom. The van der Waals surface area contributed by atoms with Gasteiger partial charge >= 0.3 is 5.97 Å². The molecule has 5 nitrogen and oxygen atoms in total. The van der Waals surface area contributed by atoms with Crippen LogP contribution in [0, 0.1) is 13.8 Å². The number of carbonyl (C=O) groups is 1. The van der Waals surface area contributed by atoms with Gasteiger partial charge in [0.05, 0.1) is 4.90 Å². The summed E-state index contributed by atoms with van der Waals surface area (Å²) >= 11 is 0. The molecule has 0 saturated carbocycles. The summed E-state index contributed by atoms with van der Waals surface area (Å²) in [5.41, 5.74) is 1.58. The van der Waals surface area contributed by atoms with Crippen molar-refractivity contribution in [1.82, 2.24) is 4.31 Å². The first-order chi connectivity index (χ1) is 9.66. The Kier molecular flexibility index (Phi) is 5.92. The van der Waals surface area contributed by atoms with E-state index < -0.39 is 16.0 Å². The minimum absolute atomic E-state index is 0.0362. The van der Waals surface area contributed by atoms with Gasteiger partial charge in [0.1, 0.15) is 0 Å². The number of aryl methyl sites for hydroxylation is 2. The minimum atomic E-state index is -3.61. The fraction of sp³-hybridized carbons (Fsp3) is 0.533. The number of aliphatic carboxylic acids is 1. The van der Waals surface area contributed by atoms with Crippen LogP contribution in [0.5, 0.6) is 0 Å². The molecule has 1 aromatic carbocycles. The van der Waals surface area contributed by atoms with Crippen LogP contribution in [0.4, 0.5) is 0 Å². The maximum Gasteiger partial charge on any atom is 0.303 e. The van der Waals surface area contributed by atoms with Gasteiger partial charge in [-0.3, -0.25) is 4.79 Å². The predicted octanol–water partition coefficient (Wildman–Crippen LogP) is 2.57. The molecule has 1 aromatic rings. The van der Waals surface area contributed by atoms with E-state index >= 15 is 0 Å². The van der Waals surface area contributed by atoms with Gasteiger partial charge in [0.2, 0.25) is 10.0 Å². The molecule has 0 spiro atoms. The van der Waals surface area contributed by atoms with E-state index in [1.807, 2.05) is 13.0 Å². The summed E-state index contributed by atoms with van der Waals surface area (Å²) in [5.74, 6) is -0.914. The van der Waals surface area contributed by atoms with Crippen molar-refractivity contribution in [3.63, 3.8) is 0 Å². The van der Waals surface area contributed by atoms with Gasteiger partial charge in [-0.2, -0.15) is 4.31 Å². The molecule has 0 amide bonds. The van der Waals surface area contributed by atoms with Crippen LogP contribution in [0.25, 0.3) is 0 Å². The molecule has 21 heavy (non-hydrogen) atoms. The van der Waals surface area contributed by atoms with E-state index in [0.717, 1.165) is 5.56 Å². The van der Waals surface area contributed by atoms with Crippen LogP contribution in [-0.2, 0) is 14.8 Å². The smallest absolute Gasteiger partial charge is 0.303 e. The Morgan fingerprint density at radius 3 is 2.43 bits per heavy atom. The zero-order valence-electron chi connectivity index (χ0n) is 13.0. The molecular formula is C15H23NO4S. The lowest BCUT2D eigenvalue weighted by molar-refractivity contribution is -0.137. The Morgan fingerprint density at radius 1 is 1.29 bits per heavy atom. The Bertz CT molecular complexity index is 608. The molecule has 1 N–H and O–H groups in total. The van der Waals surface area contributed by atoms with Crippen LogP contribution in [0.1, 0.15) is 37.8 Å². The quantitative estimate of drug-likeness (QED) is 0.839. The minimum Gasteiger partial charge on any atom is -0.481 e. The molecule has 0 atom stereocenters. The summed E-state index contributed by atoms with van der Waals surface area (Å²) in [6.07, 6.45) is 0.267. The summed E-state index contributed by atoms with van der Waals surface area (Å²) < 4.78 is 27.0. The number of carboxylic acids is 1. The third kappa shape index (κ3) is 4.54. The van der Waals surface area contributed by atoms with Gasteiger partial charge in [0, 0.05) is 19.0 Å². The zero-order chi connectivity index (χ0) is 16.2. The largest absolute Gasteiger partial charge is 0.481 e. The summed E-state index contributed by atoms with van der Waals surface area (Å²) in [5, 5.41) is 8.70. The number of carboxylic acid groups (broad SMARTS) is 1. The highest BCUT2D eigenvalue weighted by molar-refractivity contribution is 7.89. The second-order valence-electron chi connectivity index (χ2n) is 5.48. The standard InChI is InChI=1S/C15H23NO4S/c1-11(2)16(9-5-6-15(17)18)21(19,20)14-10-12(3)7-8-13(14)4/h7-8,10-11H,5-6,9H2,1-4H3,(H,17,18). The Labute approximate surface area is 126 Å². The van der Waals surface area contributed by atoms with E-state index in [1.54, 1.807) is 32.9 Å². The molecule has 0 fully saturated rings. The van der Waals surface area contributed by atoms with Crippen LogP contribution in [0.2, 0.25) is 0 Å². The van der Waals surface area contributed by atoms with Gasteiger partial charge in [0.25, 0.3) is 0 Å². The first-order valence-electron chi connectivity index (χ1n) is 6.97. The highest BCUT2D eigenvalue weighted by Crippen LogP contribution is 2.23. The van der Waals surface area contributed by atoms with Gasteiger partial charge < -0.3 is 5.11 Å². The van der Waals surface area contributed by atoms with E-state index in [2.05, 4.69) is 0 Å². The average Bonchev–Trinajstić information content (AvgIpc) is 2.36. The zero-order valence-corrected chi connectivity index (χ0v) is 13.8. The van der Waals surface area contributed by atoms with Crippen LogP contribution >= 0.6 is 0 Å². The van der Waals surface area contributed by atoms with Crippen molar-refractivity contribution >= 4 is 16.0 Å². The molecule has 0 radical (unpaired) electrons. The van der Waals surface area contributed by atoms with Crippen LogP contribution in [-0.4, -0.2) is 36.4 Å². The van der Waals surface area contributed by atoms with E-state index in [-0.39, 0.29) is 19.0 Å². The lowest BCUT2D eigenvalue weighted by Gasteiger charge is -2.26. The molecule has 0 unspecified atom stereocenters. The van der Waals surface area contributed by atoms with Crippen molar-refractivity contribution in [2.75, 3.05) is 6.54 Å². The fourth-order valence-corrected chi connectivity index (χ4v) is 4.14. The monoisotopic (exact) mass is 313 g/mol. The van der Waals surface area contributed by atoms with Gasteiger partial charge in [-0.1, -0.05) is 12.1 Å². The average molecular weight is 313 g/mol. The van der Waals surface area contributed by atoms with E-state index in [4.69, 9.17) is 5.11 Å². The Balaban J connectivity index is 3.10. The summed E-state index contributed by atoms with van der Waals surface area (Å²) in [7, 11) is -3.61. The predicted molar refractivity (Wildman–Crippen MR) is 81.8 cm³/mol. The maximum absolute atomic E-state index is 12.8. The summed E-state index contributed by atoms with van der Waals surface area (Å²) in [6, 6.07) is 5.11. The first-order valence-corrected chi connectivity index (χ1v) is 8.41. The van der Waals surface area contributed by atoms with Gasteiger partial charge in [0.15, 0.2) is 0 Å². The molecular weight excluding hydrogens is 290 g/mol. The third-order valence-electron chi connectivity index (χ3n) is 3.28. The number of hydrogen-bond donors (Lipinski definition) is 1. The van der Waals surface area contributed by atoms with Gasteiger partial charge in [-0.25, -0.2) is 8.42 Å². The van der Waals surface area contributed by atoms with E-state index in [0.29, 0.717) is 16.9 Å². The molecule has 118 valence electrons. The highest BCUT2D eigenvalue weighted by Gasteiger charge is 2.28. The van der Waals surface area contributed by atoms with Crippen LogP contribution in [0.15, 0.2) is 23.1 Å². The second kappa shape index (κ2) is 7.04. The molecule has 0 saturated heterocycles. The second-order valence-corrected chi connectivity index (χ2v) is 7.33. The first kappa shape index (κ1) is 17.7. The maximum atomic E-state index is 12.8. The number of nitrogens with zero attached hydrogens (tertiary/aromatic N) is 1. The molecule has 0 aliphatic rings. The molecule has 1 rings (SSSR count). The van der Waals surface area contributed by atoms with Gasteiger partial charge in [-0.05, 0) is 51.3 Å². The van der Waals surface area contributed by atoms with Crippen molar-refractivity contribution < 1.29 is 18.3 Å². The summed E-state index contributed by atoms with van der Waals surface area (Å²) in [6.45, 7) is 7.41. The number of benzene rings is 1. The van der Waals surface area contributed by atoms with E-state index in [1.165, 1.54) is 4.31 Å². The SMILES string of the molecule is Cc1ccc(C)c(S(=O)(=O)N(CCCC(=O)O)C(C)C)c1. The van der Waals surface area contributed by atoms with Crippen molar-refractivity contribution in [2.24, 2.45) is 0 Å². The lowest BCUT2D eigenvalue weighted by Crippen LogP contribution is -2.38. The third-order valence-corrected chi connectivity index (χ3v) is 5.49. The fourth-order valence-electron chi connectivity index (χ4n) is 2.15. The van der Waals surface area contributed by atoms with Crippen molar-refractivity contribution in [2.45, 2.75) is 51.5 Å². The molecule has 0 bridgehead atoms. The Hall–Kier alpha value is -1.40. The topological polar surface area (TPSA) is 74.7 Å². The number of hydrogen-bond acceptors (Lipinski definition) is 3. The molecule has 0 aliphatic carbocycles. The highest BCUT2D eigenvalue weighted by atomic mass is 32.2. The summed E-state index contributed by atoms with van der Waals surface area (Å²) in [4.78, 5) is 10.9. The van der Waals surface area contributed by atoms with Crippen molar-refractivity contribution in [3.05, 3.63) is 29.3 Å². The van der Waals surface area contributed by atoms with Crippen molar-refractivity contribution in [1.29, 1.82) is 0 Å². The lowest BCUT2D eigenvalue weighted by atomic mass is 10.2. The number of rotatable bonds is 7. The molecule has 0 heterocycles. The molecule has 0 aromatic heterocycles. The van der Waals surface area contributed by atoms with Crippen LogP contribution < -0.4 is 0 Å². The number of sulfonamides is 1. The van der Waals surface area contributed by atoms with E-state index in [9.17, 15) is 13.2 Å².